The maximum atomic E-state index is 15.1. The van der Waals surface area contributed by atoms with Crippen molar-refractivity contribution in [3.63, 3.8) is 0 Å². The van der Waals surface area contributed by atoms with Crippen molar-refractivity contribution in [1.82, 2.24) is 4.90 Å². The van der Waals surface area contributed by atoms with Gasteiger partial charge >= 0.3 is 0 Å². The number of ether oxygens (including phenoxy) is 4. The average Bonchev–Trinajstić information content (AvgIpc) is 3.35. The summed E-state index contributed by atoms with van der Waals surface area (Å²) in [5.41, 5.74) is 3.75. The lowest BCUT2D eigenvalue weighted by Gasteiger charge is -2.60. The van der Waals surface area contributed by atoms with Crippen LogP contribution in [0.5, 0.6) is 17.2 Å². The Morgan fingerprint density at radius 1 is 0.940 bits per heavy atom. The number of rotatable bonds is 24. The summed E-state index contributed by atoms with van der Waals surface area (Å²) >= 11 is 0. The molecule has 15 nitrogen and oxygen atoms in total. The molecule has 0 radical (unpaired) electrons. The molecule has 0 saturated heterocycles. The van der Waals surface area contributed by atoms with Crippen LogP contribution in [0.15, 0.2) is 127 Å². The first kappa shape index (κ1) is 48.5. The fraction of sp³-hybridized carbons (Fsp3) is 0.404. The minimum Gasteiger partial charge on any atom is -0.459 e. The van der Waals surface area contributed by atoms with Gasteiger partial charge in [-0.05, 0) is 97.2 Å². The minimum absolute atomic E-state index is 0.0206. The number of carbonyl (C=O) groups excluding carboxylic acids is 1. The maximum Gasteiger partial charge on any atom is 0.273 e. The lowest BCUT2D eigenvalue weighted by Crippen LogP contribution is -2.70. The number of unbranched alkanes of at least 4 members (excludes halogenated alkanes) is 2. The van der Waals surface area contributed by atoms with Crippen molar-refractivity contribution in [3.05, 3.63) is 154 Å². The van der Waals surface area contributed by atoms with Crippen LogP contribution in [0, 0.1) is 39.2 Å². The van der Waals surface area contributed by atoms with Gasteiger partial charge in [-0.25, -0.2) is 0 Å². The van der Waals surface area contributed by atoms with Gasteiger partial charge in [-0.15, -0.1) is 6.58 Å². The van der Waals surface area contributed by atoms with Gasteiger partial charge in [0, 0.05) is 49.3 Å². The summed E-state index contributed by atoms with van der Waals surface area (Å²) in [5, 5.41) is 55.8. The van der Waals surface area contributed by atoms with Gasteiger partial charge in [0.15, 0.2) is 0 Å². The number of nitrogens with zero attached hydrogens (tertiary/aromatic N) is 4. The number of allylic oxidation sites excluding steroid dienone is 1. The number of carbonyl (C=O) groups is 1. The largest absolute Gasteiger partial charge is 0.459 e. The van der Waals surface area contributed by atoms with E-state index < -0.39 is 22.7 Å². The second kappa shape index (κ2) is 23.4. The molecular weight excluding hydrogens is 857 g/mol. The zero-order valence-electron chi connectivity index (χ0n) is 37.5. The second-order valence-electron chi connectivity index (χ2n) is 16.9. The molecule has 1 aliphatic heterocycles. The van der Waals surface area contributed by atoms with Crippen molar-refractivity contribution >= 4 is 17.3 Å². The monoisotopic (exact) mass is 914 g/mol. The summed E-state index contributed by atoms with van der Waals surface area (Å²) in [5.74, 6) is -1.88. The molecule has 7 rings (SSSR count). The Morgan fingerprint density at radius 2 is 1.70 bits per heavy atom. The van der Waals surface area contributed by atoms with E-state index in [9.17, 15) is 30.7 Å². The lowest BCUT2D eigenvalue weighted by molar-refractivity contribution is -0.384. The number of aliphatic hydroxyl groups excluding tert-OH is 3. The fourth-order valence-corrected chi connectivity index (χ4v) is 9.85. The van der Waals surface area contributed by atoms with Gasteiger partial charge in [-0.1, -0.05) is 66.5 Å². The minimum atomic E-state index is -1.58. The SMILES string of the molecule is C=CCOC12Oc3ccc(Oc4cccc([N+](=O)[O-])c4)cc3C3C(CCCCO)C(CCCCO)C=C(C(=NOCc4ccccc4)CC1N(CCOCCO)C(=O)c1ccc(C#N)cc1)C32. The predicted molar refractivity (Wildman–Crippen MR) is 249 cm³/mol. The number of nitriles is 1. The van der Waals surface area contributed by atoms with Crippen LogP contribution in [0.25, 0.3) is 0 Å². The van der Waals surface area contributed by atoms with E-state index in [1.54, 1.807) is 53.4 Å². The number of hydrogen-bond acceptors (Lipinski definition) is 13. The summed E-state index contributed by atoms with van der Waals surface area (Å²) in [4.78, 5) is 34.3. The number of nitro benzene ring substituents is 1. The molecule has 2 aliphatic carbocycles. The van der Waals surface area contributed by atoms with Crippen molar-refractivity contribution in [3.8, 4) is 23.3 Å². The predicted octanol–water partition coefficient (Wildman–Crippen LogP) is 8.24. The second-order valence-corrected chi connectivity index (χ2v) is 16.9. The Bertz CT molecular complexity index is 2420. The number of non-ortho nitro benzene ring substituents is 1. The normalized spacial score (nSPS) is 22.0. The van der Waals surface area contributed by atoms with Gasteiger partial charge in [0.1, 0.15) is 29.9 Å². The fourth-order valence-electron chi connectivity index (χ4n) is 9.85. The van der Waals surface area contributed by atoms with Gasteiger partial charge in [-0.3, -0.25) is 14.9 Å². The topological polar surface area (TPSA) is 206 Å². The molecule has 352 valence electrons. The lowest BCUT2D eigenvalue weighted by atomic mass is 9.55. The first-order valence-corrected chi connectivity index (χ1v) is 22.9. The molecule has 1 fully saturated rings. The standard InChI is InChI=1S/C52H58N4O11/c1-2-27-64-52-48(55(23-28-63-29-26-59)51(60)38-19-17-36(34-53)18-20-38)33-46(54-65-35-37-11-4-3-5-12-37)44-30-39(13-6-8-24-57)43(16-7-9-25-58)49(50(44)52)45-32-42(21-22-47(45)67-52)66-41-15-10-14-40(31-41)56(61)62/h2-5,10-12,14-15,17-22,30-32,39,43,48-50,57-59H,1,6-9,13,16,23-29,33,35H2. The molecule has 0 bridgehead atoms. The zero-order valence-corrected chi connectivity index (χ0v) is 37.5. The Kier molecular flexibility index (Phi) is 16.9. The van der Waals surface area contributed by atoms with E-state index >= 15 is 4.79 Å². The Balaban J connectivity index is 1.45. The number of hydrogen-bond donors (Lipinski definition) is 3. The summed E-state index contributed by atoms with van der Waals surface area (Å²) < 4.78 is 26.6. The molecule has 3 aliphatic rings. The molecular formula is C52H58N4O11. The van der Waals surface area contributed by atoms with E-state index in [1.807, 2.05) is 42.5 Å². The van der Waals surface area contributed by atoms with Gasteiger partial charge < -0.3 is 44.0 Å². The van der Waals surface area contributed by atoms with Gasteiger partial charge in [-0.2, -0.15) is 5.26 Å². The Hall–Kier alpha value is -6.41. The number of benzene rings is 4. The molecule has 4 aromatic carbocycles. The highest BCUT2D eigenvalue weighted by molar-refractivity contribution is 6.03. The van der Waals surface area contributed by atoms with Crippen LogP contribution in [0.3, 0.4) is 0 Å². The van der Waals surface area contributed by atoms with Crippen LogP contribution in [-0.2, 0) is 20.9 Å². The third-order valence-electron chi connectivity index (χ3n) is 12.8. The van der Waals surface area contributed by atoms with Gasteiger partial charge in [0.05, 0.1) is 60.7 Å². The third kappa shape index (κ3) is 11.2. The molecule has 1 saturated carbocycles. The van der Waals surface area contributed by atoms with Crippen LogP contribution in [-0.4, -0.2) is 94.8 Å². The van der Waals surface area contributed by atoms with Crippen LogP contribution >= 0.6 is 0 Å². The Morgan fingerprint density at radius 3 is 2.42 bits per heavy atom. The van der Waals surface area contributed by atoms with Gasteiger partial charge in [0.2, 0.25) is 5.79 Å². The average molecular weight is 915 g/mol. The zero-order chi connectivity index (χ0) is 47.2. The van der Waals surface area contributed by atoms with Crippen LogP contribution in [0.1, 0.15) is 77.9 Å². The number of oxime groups is 1. The number of aliphatic hydroxyl groups is 3. The quantitative estimate of drug-likeness (QED) is 0.0263. The summed E-state index contributed by atoms with van der Waals surface area (Å²) in [6, 6.07) is 28.8. The molecule has 15 heteroatoms. The molecule has 3 N–H and O–H groups in total. The van der Waals surface area contributed by atoms with Crippen molar-refractivity contribution in [2.24, 2.45) is 22.9 Å². The highest BCUT2D eigenvalue weighted by atomic mass is 16.7. The van der Waals surface area contributed by atoms with Crippen LogP contribution < -0.4 is 9.47 Å². The van der Waals surface area contributed by atoms with E-state index in [-0.39, 0.29) is 94.3 Å². The summed E-state index contributed by atoms with van der Waals surface area (Å²) in [7, 11) is 0. The first-order chi connectivity index (χ1) is 32.7. The number of amides is 1. The molecule has 4 aromatic rings. The van der Waals surface area contributed by atoms with E-state index in [0.29, 0.717) is 54.0 Å². The molecule has 67 heavy (non-hydrogen) atoms. The van der Waals surface area contributed by atoms with Crippen molar-refractivity contribution in [2.45, 2.75) is 69.3 Å². The third-order valence-corrected chi connectivity index (χ3v) is 12.8. The molecule has 0 aromatic heterocycles. The molecule has 0 spiro atoms. The summed E-state index contributed by atoms with van der Waals surface area (Å²) in [6.07, 6.45) is 8.11. The highest BCUT2D eigenvalue weighted by Gasteiger charge is 2.65. The smallest absolute Gasteiger partial charge is 0.273 e. The maximum absolute atomic E-state index is 15.1. The van der Waals surface area contributed by atoms with Crippen molar-refractivity contribution in [2.75, 3.05) is 46.2 Å². The van der Waals surface area contributed by atoms with E-state index in [0.717, 1.165) is 29.5 Å². The van der Waals surface area contributed by atoms with E-state index in [4.69, 9.17) is 28.9 Å². The molecule has 1 amide bonds. The highest BCUT2D eigenvalue weighted by Crippen LogP contribution is 2.62. The van der Waals surface area contributed by atoms with Crippen molar-refractivity contribution in [1.29, 1.82) is 5.26 Å². The molecule has 6 unspecified atom stereocenters. The van der Waals surface area contributed by atoms with E-state index in [2.05, 4.69) is 18.7 Å². The van der Waals surface area contributed by atoms with E-state index in [1.165, 1.54) is 12.1 Å². The Labute approximate surface area is 390 Å². The van der Waals surface area contributed by atoms with Crippen molar-refractivity contribution < 1.29 is 48.8 Å². The van der Waals surface area contributed by atoms with Crippen LogP contribution in [0.2, 0.25) is 0 Å². The summed E-state index contributed by atoms with van der Waals surface area (Å²) in [6.45, 7) is 4.27. The first-order valence-electron chi connectivity index (χ1n) is 22.9. The number of fused-ring (bicyclic) bond motifs is 2. The molecule has 6 atom stereocenters. The molecule has 1 heterocycles. The number of nitro groups is 1. The van der Waals surface area contributed by atoms with Gasteiger partial charge in [0.25, 0.3) is 11.6 Å². The van der Waals surface area contributed by atoms with Crippen LogP contribution in [0.4, 0.5) is 5.69 Å².